The monoisotopic (exact) mass is 444 g/mol. The van der Waals surface area contributed by atoms with E-state index in [0.29, 0.717) is 9.92 Å². The zero-order valence-corrected chi connectivity index (χ0v) is 17.6. The molecule has 4 rings (SSSR count). The van der Waals surface area contributed by atoms with Gasteiger partial charge in [-0.1, -0.05) is 0 Å². The summed E-state index contributed by atoms with van der Waals surface area (Å²) in [6.07, 6.45) is 5.74. The van der Waals surface area contributed by atoms with Gasteiger partial charge in [0.05, 0.1) is 0 Å². The van der Waals surface area contributed by atoms with Gasteiger partial charge in [0.25, 0.3) is 22.9 Å². The molecule has 0 fully saturated rings. The van der Waals surface area contributed by atoms with Crippen LogP contribution in [0.1, 0.15) is 30.5 Å². The van der Waals surface area contributed by atoms with E-state index in [9.17, 15) is 19.2 Å². The summed E-state index contributed by atoms with van der Waals surface area (Å²) in [4.78, 5) is 60.5. The van der Waals surface area contributed by atoms with Crippen LogP contribution in [0.15, 0.2) is 34.4 Å². The Morgan fingerprint density at radius 2 is 1.23 bits per heavy atom. The van der Waals surface area contributed by atoms with Crippen molar-refractivity contribution in [2.24, 2.45) is 0 Å². The number of fused-ring (bicyclic) bond motifs is 2. The predicted molar refractivity (Wildman–Crippen MR) is 113 cm³/mol. The maximum absolute atomic E-state index is 12.4. The number of amides is 2. The fraction of sp³-hybridized carbons (Fsp3) is 0.222. The molecular weight excluding hydrogens is 428 g/mol. The first kappa shape index (κ1) is 19.9. The van der Waals surface area contributed by atoms with Gasteiger partial charge < -0.3 is 10.6 Å². The van der Waals surface area contributed by atoms with Gasteiger partial charge in [0.2, 0.25) is 0 Å². The van der Waals surface area contributed by atoms with Crippen LogP contribution in [0.25, 0.3) is 9.92 Å². The van der Waals surface area contributed by atoms with Gasteiger partial charge in [-0.15, -0.1) is 22.7 Å². The minimum absolute atomic E-state index is 0.0734. The van der Waals surface area contributed by atoms with Crippen molar-refractivity contribution in [3.8, 4) is 0 Å². The van der Waals surface area contributed by atoms with Crippen LogP contribution in [-0.2, 0) is 0 Å². The third-order valence-corrected chi connectivity index (χ3v) is 6.05. The van der Waals surface area contributed by atoms with Gasteiger partial charge in [0.15, 0.2) is 9.92 Å². The molecule has 4 aromatic rings. The predicted octanol–water partition coefficient (Wildman–Crippen LogP) is 0.602. The summed E-state index contributed by atoms with van der Waals surface area (Å²) in [5.41, 5.74) is -1.08. The first-order chi connectivity index (χ1) is 14.3. The molecular formula is C18H16N6O4S2. The molecule has 0 aliphatic heterocycles. The van der Waals surface area contributed by atoms with Gasteiger partial charge >= 0.3 is 0 Å². The Kier molecular flexibility index (Phi) is 5.18. The fourth-order valence-corrected chi connectivity index (χ4v) is 4.42. The lowest BCUT2D eigenvalue weighted by atomic mass is 10.3. The molecule has 154 valence electrons. The number of aryl methyl sites for hydroxylation is 2. The van der Waals surface area contributed by atoms with Gasteiger partial charge in [-0.25, -0.2) is 9.97 Å². The van der Waals surface area contributed by atoms with Crippen LogP contribution in [0.4, 0.5) is 0 Å². The molecule has 0 aliphatic carbocycles. The Morgan fingerprint density at radius 3 is 1.63 bits per heavy atom. The van der Waals surface area contributed by atoms with Crippen molar-refractivity contribution in [3.63, 3.8) is 0 Å². The molecule has 30 heavy (non-hydrogen) atoms. The molecule has 12 heteroatoms. The van der Waals surface area contributed by atoms with E-state index in [-0.39, 0.29) is 24.2 Å². The third kappa shape index (κ3) is 3.62. The van der Waals surface area contributed by atoms with Crippen molar-refractivity contribution >= 4 is 44.4 Å². The first-order valence-electron chi connectivity index (χ1n) is 8.87. The molecule has 2 amide bonds. The van der Waals surface area contributed by atoms with Crippen LogP contribution in [0.5, 0.6) is 0 Å². The second-order valence-electron chi connectivity index (χ2n) is 6.45. The average molecular weight is 444 g/mol. The topological polar surface area (TPSA) is 127 Å². The van der Waals surface area contributed by atoms with Crippen LogP contribution in [0.3, 0.4) is 0 Å². The summed E-state index contributed by atoms with van der Waals surface area (Å²) in [5, 5.41) is 5.13. The van der Waals surface area contributed by atoms with Gasteiger partial charge in [0, 0.05) is 47.6 Å². The van der Waals surface area contributed by atoms with E-state index in [0.717, 1.165) is 9.75 Å². The van der Waals surface area contributed by atoms with Crippen molar-refractivity contribution < 1.29 is 9.59 Å². The van der Waals surface area contributed by atoms with E-state index < -0.39 is 22.9 Å². The minimum Gasteiger partial charge on any atom is -0.350 e. The van der Waals surface area contributed by atoms with Gasteiger partial charge in [-0.2, -0.15) is 0 Å². The zero-order chi connectivity index (χ0) is 21.4. The quantitative estimate of drug-likeness (QED) is 0.434. The lowest BCUT2D eigenvalue weighted by Crippen LogP contribution is -2.38. The Bertz CT molecular complexity index is 1310. The molecule has 10 nitrogen and oxygen atoms in total. The van der Waals surface area contributed by atoms with Gasteiger partial charge in [-0.3, -0.25) is 28.0 Å². The Labute approximate surface area is 176 Å². The molecule has 0 bridgehead atoms. The summed E-state index contributed by atoms with van der Waals surface area (Å²) < 4.78 is 2.67. The highest BCUT2D eigenvalue weighted by atomic mass is 32.1. The number of carbonyl (C=O) groups is 2. The van der Waals surface area contributed by atoms with Crippen molar-refractivity contribution in [3.05, 3.63) is 66.4 Å². The summed E-state index contributed by atoms with van der Waals surface area (Å²) in [6, 6.07) is 0. The number of aromatic nitrogens is 4. The molecule has 0 atom stereocenters. The van der Waals surface area contributed by atoms with Gasteiger partial charge in [-0.05, 0) is 13.8 Å². The Balaban J connectivity index is 1.38. The van der Waals surface area contributed by atoms with Crippen LogP contribution < -0.4 is 21.8 Å². The molecule has 0 radical (unpaired) electrons. The molecule has 0 aromatic carbocycles. The number of carbonyl (C=O) groups excluding carboxylic acids is 2. The van der Waals surface area contributed by atoms with E-state index >= 15 is 0 Å². The van der Waals surface area contributed by atoms with Crippen molar-refractivity contribution in [1.82, 2.24) is 29.4 Å². The van der Waals surface area contributed by atoms with Crippen LogP contribution in [0.2, 0.25) is 0 Å². The highest BCUT2D eigenvalue weighted by Crippen LogP contribution is 2.13. The largest absolute Gasteiger partial charge is 0.350 e. The number of rotatable bonds is 5. The molecule has 4 aromatic heterocycles. The van der Waals surface area contributed by atoms with Crippen molar-refractivity contribution in [2.45, 2.75) is 13.8 Å². The molecule has 0 saturated heterocycles. The number of hydrogen-bond donors (Lipinski definition) is 2. The van der Waals surface area contributed by atoms with Crippen molar-refractivity contribution in [1.29, 1.82) is 0 Å². The standard InChI is InChI=1S/C18H16N6O4S2/c1-9-7-23-15(27)11(5-21-17(23)29-9)13(25)19-3-4-20-14(26)12-6-22-18-24(16(12)28)8-10(2)30-18/h5-8H,3-4H2,1-2H3,(H,19,25)(H,20,26). The van der Waals surface area contributed by atoms with E-state index in [1.165, 1.54) is 43.9 Å². The number of nitrogens with zero attached hydrogens (tertiary/aromatic N) is 4. The SMILES string of the molecule is Cc1cn2c(=O)c(C(=O)NCCNC(=O)c3cnc4sc(C)cn4c3=O)cnc2s1. The van der Waals surface area contributed by atoms with Gasteiger partial charge in [0.1, 0.15) is 11.1 Å². The summed E-state index contributed by atoms with van der Waals surface area (Å²) in [7, 11) is 0. The summed E-state index contributed by atoms with van der Waals surface area (Å²) >= 11 is 2.71. The lowest BCUT2D eigenvalue weighted by Gasteiger charge is -2.07. The van der Waals surface area contributed by atoms with Crippen molar-refractivity contribution in [2.75, 3.05) is 13.1 Å². The number of hydrogen-bond acceptors (Lipinski definition) is 8. The minimum atomic E-state index is -0.586. The summed E-state index contributed by atoms with van der Waals surface area (Å²) in [6.45, 7) is 3.84. The zero-order valence-electron chi connectivity index (χ0n) is 16.0. The third-order valence-electron chi connectivity index (χ3n) is 4.23. The second kappa shape index (κ2) is 7.80. The number of nitrogens with one attached hydrogen (secondary N) is 2. The molecule has 0 spiro atoms. The van der Waals surface area contributed by atoms with E-state index in [1.54, 1.807) is 12.4 Å². The normalized spacial score (nSPS) is 11.1. The highest BCUT2D eigenvalue weighted by molar-refractivity contribution is 7.17. The summed E-state index contributed by atoms with van der Waals surface area (Å²) in [5.74, 6) is -1.17. The molecule has 0 unspecified atom stereocenters. The Morgan fingerprint density at radius 1 is 0.833 bits per heavy atom. The maximum atomic E-state index is 12.4. The van der Waals surface area contributed by atoms with Crippen LogP contribution >= 0.6 is 22.7 Å². The Hall–Kier alpha value is -3.38. The van der Waals surface area contributed by atoms with E-state index in [2.05, 4.69) is 20.6 Å². The highest BCUT2D eigenvalue weighted by Gasteiger charge is 2.16. The maximum Gasteiger partial charge on any atom is 0.271 e. The molecule has 2 N–H and O–H groups in total. The molecule has 0 aliphatic rings. The van der Waals surface area contributed by atoms with Crippen LogP contribution in [0, 0.1) is 13.8 Å². The fourth-order valence-electron chi connectivity index (χ4n) is 2.84. The molecule has 4 heterocycles. The average Bonchev–Trinajstić information content (AvgIpc) is 3.27. The first-order valence-corrected chi connectivity index (χ1v) is 10.5. The van der Waals surface area contributed by atoms with E-state index in [1.807, 2.05) is 13.8 Å². The lowest BCUT2D eigenvalue weighted by molar-refractivity contribution is 0.0925. The van der Waals surface area contributed by atoms with Crippen LogP contribution in [-0.4, -0.2) is 43.7 Å². The number of thiazole rings is 2. The second-order valence-corrected chi connectivity index (χ2v) is 8.88. The molecule has 0 saturated carbocycles. The van der Waals surface area contributed by atoms with E-state index in [4.69, 9.17) is 0 Å². The smallest absolute Gasteiger partial charge is 0.271 e.